The summed E-state index contributed by atoms with van der Waals surface area (Å²) in [4.78, 5) is 6.95. The standard InChI is InChI=1S/C25H28N4O3/c1-5-32-18-6-7-19(16(2)10-18)22-15-29(9-8-27-22)25-21-12-24(31-4)23(30-3)11-20(21)17(13-26)14-28-25/h6-7,10-12,14,22,27H,5,8-9,15H2,1-4H3. The average molecular weight is 433 g/mol. The Kier molecular flexibility index (Phi) is 6.33. The van der Waals surface area contributed by atoms with Gasteiger partial charge in [0.1, 0.15) is 17.6 Å². The van der Waals surface area contributed by atoms with Crippen LogP contribution in [0.3, 0.4) is 0 Å². The summed E-state index contributed by atoms with van der Waals surface area (Å²) >= 11 is 0. The number of benzene rings is 2. The molecule has 1 saturated heterocycles. The van der Waals surface area contributed by atoms with E-state index in [-0.39, 0.29) is 6.04 Å². The van der Waals surface area contributed by atoms with Gasteiger partial charge in [-0.25, -0.2) is 4.98 Å². The number of aryl methyl sites for hydroxylation is 1. The molecule has 7 heteroatoms. The molecule has 1 fully saturated rings. The number of anilines is 1. The molecule has 2 aromatic carbocycles. The SMILES string of the molecule is CCOc1ccc(C2CN(c3ncc(C#N)c4cc(OC)c(OC)cc34)CCN2)c(C)c1. The third-order valence-corrected chi connectivity index (χ3v) is 5.89. The smallest absolute Gasteiger partial charge is 0.161 e. The monoisotopic (exact) mass is 432 g/mol. The molecule has 166 valence electrons. The summed E-state index contributed by atoms with van der Waals surface area (Å²) in [5.41, 5.74) is 2.95. The molecule has 0 saturated carbocycles. The molecule has 2 heterocycles. The summed E-state index contributed by atoms with van der Waals surface area (Å²) in [6.45, 7) is 7.16. The molecule has 3 aromatic rings. The van der Waals surface area contributed by atoms with E-state index in [9.17, 15) is 5.26 Å². The highest BCUT2D eigenvalue weighted by Gasteiger charge is 2.25. The van der Waals surface area contributed by atoms with Crippen molar-refractivity contribution in [1.29, 1.82) is 5.26 Å². The van der Waals surface area contributed by atoms with Crippen molar-refractivity contribution in [3.63, 3.8) is 0 Å². The summed E-state index contributed by atoms with van der Waals surface area (Å²) in [5, 5.41) is 14.9. The first-order valence-electron chi connectivity index (χ1n) is 10.8. The van der Waals surface area contributed by atoms with Crippen LogP contribution in [0.15, 0.2) is 36.5 Å². The quantitative estimate of drug-likeness (QED) is 0.631. The highest BCUT2D eigenvalue weighted by molar-refractivity contribution is 5.98. The number of hydrogen-bond acceptors (Lipinski definition) is 7. The molecular weight excluding hydrogens is 404 g/mol. The maximum atomic E-state index is 9.61. The summed E-state index contributed by atoms with van der Waals surface area (Å²) in [7, 11) is 3.21. The van der Waals surface area contributed by atoms with Gasteiger partial charge in [0.25, 0.3) is 0 Å². The minimum Gasteiger partial charge on any atom is -0.494 e. The summed E-state index contributed by atoms with van der Waals surface area (Å²) in [6, 6.07) is 12.4. The number of fused-ring (bicyclic) bond motifs is 1. The van der Waals surface area contributed by atoms with Crippen molar-refractivity contribution < 1.29 is 14.2 Å². The van der Waals surface area contributed by atoms with E-state index in [1.807, 2.05) is 25.1 Å². The highest BCUT2D eigenvalue weighted by atomic mass is 16.5. The predicted octanol–water partition coefficient (Wildman–Crippen LogP) is 3.98. The number of pyridine rings is 1. The van der Waals surface area contributed by atoms with E-state index in [4.69, 9.17) is 14.2 Å². The number of nitriles is 1. The maximum Gasteiger partial charge on any atom is 0.161 e. The summed E-state index contributed by atoms with van der Waals surface area (Å²) in [5.74, 6) is 2.95. The van der Waals surface area contributed by atoms with Crippen LogP contribution in [0.1, 0.15) is 29.7 Å². The second-order valence-electron chi connectivity index (χ2n) is 7.76. The molecule has 0 aliphatic carbocycles. The van der Waals surface area contributed by atoms with Crippen LogP contribution in [0, 0.1) is 18.3 Å². The number of methoxy groups -OCH3 is 2. The zero-order valence-electron chi connectivity index (χ0n) is 18.9. The molecule has 1 atom stereocenters. The zero-order chi connectivity index (χ0) is 22.7. The normalized spacial score (nSPS) is 16.0. The van der Waals surface area contributed by atoms with Gasteiger partial charge in [0.05, 0.1) is 32.4 Å². The Morgan fingerprint density at radius 1 is 1.16 bits per heavy atom. The Hall–Kier alpha value is -3.50. The number of rotatable bonds is 6. The molecular formula is C25H28N4O3. The van der Waals surface area contributed by atoms with Crippen LogP contribution in [0.2, 0.25) is 0 Å². The van der Waals surface area contributed by atoms with E-state index >= 15 is 0 Å². The lowest BCUT2D eigenvalue weighted by atomic mass is 9.98. The Bertz CT molecular complexity index is 1170. The van der Waals surface area contributed by atoms with Gasteiger partial charge in [0.15, 0.2) is 11.5 Å². The van der Waals surface area contributed by atoms with Gasteiger partial charge in [-0.2, -0.15) is 5.26 Å². The molecule has 1 unspecified atom stereocenters. The molecule has 0 amide bonds. The topological polar surface area (TPSA) is 79.6 Å². The minimum atomic E-state index is 0.159. The second-order valence-corrected chi connectivity index (χ2v) is 7.76. The lowest BCUT2D eigenvalue weighted by Crippen LogP contribution is -2.46. The molecule has 0 bridgehead atoms. The Labute approximate surface area is 188 Å². The number of piperazine rings is 1. The van der Waals surface area contributed by atoms with Crippen molar-refractivity contribution in [3.05, 3.63) is 53.2 Å². The Morgan fingerprint density at radius 3 is 2.56 bits per heavy atom. The van der Waals surface area contributed by atoms with Gasteiger partial charge >= 0.3 is 0 Å². The van der Waals surface area contributed by atoms with Crippen LogP contribution in [0.4, 0.5) is 5.82 Å². The first-order valence-corrected chi connectivity index (χ1v) is 10.8. The van der Waals surface area contributed by atoms with Crippen molar-refractivity contribution in [2.45, 2.75) is 19.9 Å². The maximum absolute atomic E-state index is 9.61. The summed E-state index contributed by atoms with van der Waals surface area (Å²) in [6.07, 6.45) is 1.64. The van der Waals surface area contributed by atoms with Crippen molar-refractivity contribution in [1.82, 2.24) is 10.3 Å². The lowest BCUT2D eigenvalue weighted by Gasteiger charge is -2.36. The van der Waals surface area contributed by atoms with Crippen LogP contribution in [-0.2, 0) is 0 Å². The fourth-order valence-corrected chi connectivity index (χ4v) is 4.34. The molecule has 1 N–H and O–H groups in total. The van der Waals surface area contributed by atoms with Crippen LogP contribution in [-0.4, -0.2) is 45.4 Å². The third-order valence-electron chi connectivity index (χ3n) is 5.89. The van der Waals surface area contributed by atoms with Gasteiger partial charge in [-0.05, 0) is 49.2 Å². The van der Waals surface area contributed by atoms with Crippen molar-refractivity contribution >= 4 is 16.6 Å². The third kappa shape index (κ3) is 4.02. The van der Waals surface area contributed by atoms with Gasteiger partial charge < -0.3 is 24.4 Å². The van der Waals surface area contributed by atoms with E-state index in [1.165, 1.54) is 11.1 Å². The van der Waals surface area contributed by atoms with E-state index in [2.05, 4.69) is 40.3 Å². The molecule has 0 radical (unpaired) electrons. The number of ether oxygens (including phenoxy) is 3. The molecule has 7 nitrogen and oxygen atoms in total. The summed E-state index contributed by atoms with van der Waals surface area (Å²) < 4.78 is 16.6. The van der Waals surface area contributed by atoms with E-state index in [0.717, 1.165) is 42.0 Å². The number of aromatic nitrogens is 1. The van der Waals surface area contributed by atoms with Crippen molar-refractivity contribution in [2.75, 3.05) is 45.4 Å². The van der Waals surface area contributed by atoms with Gasteiger partial charge in [-0.1, -0.05) is 6.07 Å². The van der Waals surface area contributed by atoms with Gasteiger partial charge in [-0.3, -0.25) is 0 Å². The number of hydrogen-bond donors (Lipinski definition) is 1. The van der Waals surface area contributed by atoms with Crippen LogP contribution in [0.25, 0.3) is 10.8 Å². The van der Waals surface area contributed by atoms with Crippen molar-refractivity contribution in [3.8, 4) is 23.3 Å². The van der Waals surface area contributed by atoms with E-state index in [0.29, 0.717) is 23.7 Å². The molecule has 32 heavy (non-hydrogen) atoms. The van der Waals surface area contributed by atoms with Gasteiger partial charge in [-0.15, -0.1) is 0 Å². The Morgan fingerprint density at radius 2 is 1.91 bits per heavy atom. The molecule has 4 rings (SSSR count). The highest BCUT2D eigenvalue weighted by Crippen LogP contribution is 2.38. The fourth-order valence-electron chi connectivity index (χ4n) is 4.34. The Balaban J connectivity index is 1.72. The molecule has 0 spiro atoms. The zero-order valence-corrected chi connectivity index (χ0v) is 18.9. The van der Waals surface area contributed by atoms with Crippen molar-refractivity contribution in [2.24, 2.45) is 0 Å². The first-order chi connectivity index (χ1) is 15.6. The minimum absolute atomic E-state index is 0.159. The van der Waals surface area contributed by atoms with Crippen LogP contribution in [0.5, 0.6) is 17.2 Å². The largest absolute Gasteiger partial charge is 0.494 e. The predicted molar refractivity (Wildman–Crippen MR) is 125 cm³/mol. The number of nitrogens with one attached hydrogen (secondary N) is 1. The van der Waals surface area contributed by atoms with E-state index < -0.39 is 0 Å². The first kappa shape index (κ1) is 21.7. The van der Waals surface area contributed by atoms with Gasteiger partial charge in [0.2, 0.25) is 0 Å². The molecule has 1 aromatic heterocycles. The van der Waals surface area contributed by atoms with Crippen LogP contribution >= 0.6 is 0 Å². The van der Waals surface area contributed by atoms with E-state index in [1.54, 1.807) is 20.4 Å². The molecule has 1 aliphatic heterocycles. The lowest BCUT2D eigenvalue weighted by molar-refractivity contribution is 0.339. The van der Waals surface area contributed by atoms with Gasteiger partial charge in [0, 0.05) is 36.6 Å². The average Bonchev–Trinajstić information content (AvgIpc) is 2.82. The second kappa shape index (κ2) is 9.33. The molecule has 1 aliphatic rings. The number of nitrogens with zero attached hydrogens (tertiary/aromatic N) is 3. The fraction of sp³-hybridized carbons (Fsp3) is 0.360. The van der Waals surface area contributed by atoms with Crippen LogP contribution < -0.4 is 24.4 Å².